The molecule has 106 valence electrons. The molecule has 0 saturated carbocycles. The van der Waals surface area contributed by atoms with Crippen molar-refractivity contribution >= 4 is 27.3 Å². The summed E-state index contributed by atoms with van der Waals surface area (Å²) in [5.41, 5.74) is 6.02. The lowest BCUT2D eigenvalue weighted by Crippen LogP contribution is -2.24. The molecule has 0 bridgehead atoms. The average molecular weight is 315 g/mol. The molecule has 0 amide bonds. The summed E-state index contributed by atoms with van der Waals surface area (Å²) in [4.78, 5) is -0.161. The number of nitrogens with two attached hydrogens (primary N) is 1. The van der Waals surface area contributed by atoms with Gasteiger partial charge in [0, 0.05) is 11.6 Å². The van der Waals surface area contributed by atoms with E-state index in [-0.39, 0.29) is 17.1 Å². The summed E-state index contributed by atoms with van der Waals surface area (Å²) in [6.45, 7) is 0.0266. The zero-order chi connectivity index (χ0) is 14.8. The summed E-state index contributed by atoms with van der Waals surface area (Å²) >= 11 is 5.94. The lowest BCUT2D eigenvalue weighted by Gasteiger charge is -2.10. The Morgan fingerprint density at radius 2 is 1.90 bits per heavy atom. The van der Waals surface area contributed by atoms with Gasteiger partial charge in [-0.05, 0) is 29.8 Å². The summed E-state index contributed by atoms with van der Waals surface area (Å²) in [6, 6.07) is 10.0. The fourth-order valence-electron chi connectivity index (χ4n) is 1.66. The fourth-order valence-corrected chi connectivity index (χ4v) is 2.98. The molecule has 0 spiro atoms. The van der Waals surface area contributed by atoms with Gasteiger partial charge < -0.3 is 5.73 Å². The van der Waals surface area contributed by atoms with E-state index in [4.69, 9.17) is 17.3 Å². The number of benzene rings is 2. The number of anilines is 1. The van der Waals surface area contributed by atoms with Gasteiger partial charge in [0.05, 0.1) is 5.69 Å². The van der Waals surface area contributed by atoms with Crippen molar-refractivity contribution in [2.45, 2.75) is 11.4 Å². The van der Waals surface area contributed by atoms with Crippen molar-refractivity contribution in [1.29, 1.82) is 0 Å². The number of hydrogen-bond donors (Lipinski definition) is 2. The monoisotopic (exact) mass is 314 g/mol. The summed E-state index contributed by atoms with van der Waals surface area (Å²) < 4.78 is 39.5. The third kappa shape index (κ3) is 3.27. The summed E-state index contributed by atoms with van der Waals surface area (Å²) in [6.07, 6.45) is 0. The third-order valence-electron chi connectivity index (χ3n) is 2.67. The van der Waals surface area contributed by atoms with Gasteiger partial charge in [-0.3, -0.25) is 0 Å². The maximum Gasteiger partial charge on any atom is 0.242 e. The molecule has 0 aliphatic rings. The fraction of sp³-hybridized carbons (Fsp3) is 0.0769. The Kier molecular flexibility index (Phi) is 4.27. The highest BCUT2D eigenvalue weighted by Crippen LogP contribution is 2.20. The van der Waals surface area contributed by atoms with E-state index in [0.717, 1.165) is 18.2 Å². The first-order chi connectivity index (χ1) is 9.40. The van der Waals surface area contributed by atoms with Crippen molar-refractivity contribution in [2.75, 3.05) is 5.73 Å². The zero-order valence-electron chi connectivity index (χ0n) is 10.3. The highest BCUT2D eigenvalue weighted by Gasteiger charge is 2.17. The lowest BCUT2D eigenvalue weighted by molar-refractivity contribution is 0.581. The predicted octanol–water partition coefficient (Wildman–Crippen LogP) is 2.54. The second-order valence-electron chi connectivity index (χ2n) is 4.10. The Hall–Kier alpha value is -1.63. The maximum absolute atomic E-state index is 12.9. The molecule has 0 aliphatic carbocycles. The SMILES string of the molecule is Nc1cc(F)ccc1S(=O)(=O)NCc1ccccc1Cl. The van der Waals surface area contributed by atoms with Crippen molar-refractivity contribution in [3.63, 3.8) is 0 Å². The van der Waals surface area contributed by atoms with Crippen LogP contribution in [-0.2, 0) is 16.6 Å². The van der Waals surface area contributed by atoms with Gasteiger partial charge in [-0.15, -0.1) is 0 Å². The number of halogens is 2. The number of sulfonamides is 1. The molecule has 2 aromatic rings. The van der Waals surface area contributed by atoms with E-state index < -0.39 is 15.8 Å². The minimum absolute atomic E-state index is 0.0266. The molecule has 0 unspecified atom stereocenters. The van der Waals surface area contributed by atoms with Gasteiger partial charge in [0.2, 0.25) is 10.0 Å². The molecule has 0 radical (unpaired) electrons. The summed E-state index contributed by atoms with van der Waals surface area (Å²) in [5, 5.41) is 0.460. The Morgan fingerprint density at radius 1 is 1.20 bits per heavy atom. The molecule has 0 heterocycles. The molecule has 7 heteroatoms. The van der Waals surface area contributed by atoms with Gasteiger partial charge in [0.1, 0.15) is 10.7 Å². The molecule has 0 aliphatic heterocycles. The van der Waals surface area contributed by atoms with Gasteiger partial charge >= 0.3 is 0 Å². The Morgan fingerprint density at radius 3 is 2.55 bits per heavy atom. The first kappa shape index (κ1) is 14.8. The number of rotatable bonds is 4. The predicted molar refractivity (Wildman–Crippen MR) is 76.3 cm³/mol. The van der Waals surface area contributed by atoms with E-state index in [0.29, 0.717) is 10.6 Å². The van der Waals surface area contributed by atoms with Crippen LogP contribution in [0.5, 0.6) is 0 Å². The quantitative estimate of drug-likeness (QED) is 0.852. The number of hydrogen-bond acceptors (Lipinski definition) is 3. The average Bonchev–Trinajstić information content (AvgIpc) is 2.37. The van der Waals surface area contributed by atoms with Crippen LogP contribution >= 0.6 is 11.6 Å². The molecule has 3 N–H and O–H groups in total. The first-order valence-corrected chi connectivity index (χ1v) is 7.54. The van der Waals surface area contributed by atoms with Gasteiger partial charge in [-0.2, -0.15) is 0 Å². The summed E-state index contributed by atoms with van der Waals surface area (Å²) in [5.74, 6) is -0.590. The van der Waals surface area contributed by atoms with Crippen LogP contribution in [0.25, 0.3) is 0 Å². The largest absolute Gasteiger partial charge is 0.398 e. The molecule has 0 atom stereocenters. The molecule has 2 aromatic carbocycles. The topological polar surface area (TPSA) is 72.2 Å². The van der Waals surface area contributed by atoms with Crippen LogP contribution < -0.4 is 10.5 Å². The van der Waals surface area contributed by atoms with Gasteiger partial charge in [0.15, 0.2) is 0 Å². The number of nitrogen functional groups attached to an aromatic ring is 1. The molecular formula is C13H12ClFN2O2S. The zero-order valence-corrected chi connectivity index (χ0v) is 11.9. The Labute approximate surface area is 121 Å². The van der Waals surface area contributed by atoms with Crippen LogP contribution in [0, 0.1) is 5.82 Å². The van der Waals surface area contributed by atoms with Gasteiger partial charge in [-0.25, -0.2) is 17.5 Å². The normalized spacial score (nSPS) is 11.5. The highest BCUT2D eigenvalue weighted by atomic mass is 35.5. The smallest absolute Gasteiger partial charge is 0.242 e. The molecule has 4 nitrogen and oxygen atoms in total. The van der Waals surface area contributed by atoms with Crippen molar-refractivity contribution in [1.82, 2.24) is 4.72 Å². The van der Waals surface area contributed by atoms with Gasteiger partial charge in [-0.1, -0.05) is 29.8 Å². The Bertz CT molecular complexity index is 735. The van der Waals surface area contributed by atoms with E-state index in [1.807, 2.05) is 0 Å². The minimum Gasteiger partial charge on any atom is -0.398 e. The molecule has 20 heavy (non-hydrogen) atoms. The van der Waals surface area contributed by atoms with E-state index in [9.17, 15) is 12.8 Å². The van der Waals surface area contributed by atoms with E-state index in [2.05, 4.69) is 4.72 Å². The second kappa shape index (κ2) is 5.78. The maximum atomic E-state index is 12.9. The van der Waals surface area contributed by atoms with Crippen LogP contribution in [0.1, 0.15) is 5.56 Å². The minimum atomic E-state index is -3.82. The molecule has 0 fully saturated rings. The highest BCUT2D eigenvalue weighted by molar-refractivity contribution is 7.89. The standard InChI is InChI=1S/C13H12ClFN2O2S/c14-11-4-2-1-3-9(11)8-17-20(18,19)13-6-5-10(15)7-12(13)16/h1-7,17H,8,16H2. The van der Waals surface area contributed by atoms with E-state index in [1.165, 1.54) is 0 Å². The van der Waals surface area contributed by atoms with Crippen molar-refractivity contribution < 1.29 is 12.8 Å². The van der Waals surface area contributed by atoms with Gasteiger partial charge in [0.25, 0.3) is 0 Å². The van der Waals surface area contributed by atoms with Crippen molar-refractivity contribution in [3.8, 4) is 0 Å². The number of nitrogens with one attached hydrogen (secondary N) is 1. The van der Waals surface area contributed by atoms with E-state index >= 15 is 0 Å². The van der Waals surface area contributed by atoms with Crippen LogP contribution in [0.4, 0.5) is 10.1 Å². The van der Waals surface area contributed by atoms with Crippen molar-refractivity contribution in [3.05, 3.63) is 58.9 Å². The molecular weight excluding hydrogens is 303 g/mol. The van der Waals surface area contributed by atoms with Crippen LogP contribution in [0.15, 0.2) is 47.4 Å². The third-order valence-corrected chi connectivity index (χ3v) is 4.52. The second-order valence-corrected chi connectivity index (χ2v) is 6.24. The van der Waals surface area contributed by atoms with E-state index in [1.54, 1.807) is 24.3 Å². The van der Waals surface area contributed by atoms with Crippen LogP contribution in [0.2, 0.25) is 5.02 Å². The first-order valence-electron chi connectivity index (χ1n) is 5.68. The molecule has 0 aromatic heterocycles. The summed E-state index contributed by atoms with van der Waals surface area (Å²) in [7, 11) is -3.82. The van der Waals surface area contributed by atoms with Crippen LogP contribution in [-0.4, -0.2) is 8.42 Å². The molecule has 2 rings (SSSR count). The van der Waals surface area contributed by atoms with Crippen LogP contribution in [0.3, 0.4) is 0 Å². The van der Waals surface area contributed by atoms with Crippen molar-refractivity contribution in [2.24, 2.45) is 0 Å². The molecule has 0 saturated heterocycles. The lowest BCUT2D eigenvalue weighted by atomic mass is 10.2. The Balaban J connectivity index is 2.22.